The fourth-order valence-corrected chi connectivity index (χ4v) is 2.59. The molecule has 1 heterocycles. The number of hydrogen-bond donors (Lipinski definition) is 3. The van der Waals surface area contributed by atoms with Gasteiger partial charge in [-0.15, -0.1) is 0 Å². The molecule has 4 heteroatoms. The van der Waals surface area contributed by atoms with E-state index < -0.39 is 0 Å². The number of nitrogens with one attached hydrogen (secondary N) is 3. The third-order valence-corrected chi connectivity index (χ3v) is 3.64. The van der Waals surface area contributed by atoms with Crippen molar-refractivity contribution < 1.29 is 0 Å². The summed E-state index contributed by atoms with van der Waals surface area (Å²) in [5.41, 5.74) is 4.12. The quantitative estimate of drug-likeness (QED) is 0.510. The van der Waals surface area contributed by atoms with Crippen LogP contribution in [0.3, 0.4) is 0 Å². The van der Waals surface area contributed by atoms with Crippen molar-refractivity contribution in [3.8, 4) is 0 Å². The highest BCUT2D eigenvalue weighted by Crippen LogP contribution is 2.21. The Kier molecular flexibility index (Phi) is 5.68. The molecule has 1 aromatic heterocycles. The second-order valence-corrected chi connectivity index (χ2v) is 5.07. The maximum absolute atomic E-state index is 4.47. The van der Waals surface area contributed by atoms with Crippen LogP contribution < -0.4 is 10.6 Å². The molecule has 2 rings (SSSR count). The number of fused-ring (bicyclic) bond motifs is 1. The molecule has 0 unspecified atom stereocenters. The Labute approximate surface area is 110 Å². The van der Waals surface area contributed by atoms with Gasteiger partial charge in [0.1, 0.15) is 0 Å². The highest BCUT2D eigenvalue weighted by molar-refractivity contribution is 5.26. The largest absolute Gasteiger partial charge is 0.317 e. The average Bonchev–Trinajstić information content (AvgIpc) is 2.62. The van der Waals surface area contributed by atoms with E-state index in [0.717, 1.165) is 26.2 Å². The summed E-state index contributed by atoms with van der Waals surface area (Å²) in [5, 5.41) is 14.5. The normalized spacial score (nSPS) is 15.4. The number of aryl methyl sites for hydroxylation is 1. The van der Waals surface area contributed by atoms with E-state index in [9.17, 15) is 0 Å². The smallest absolute Gasteiger partial charge is 0.0794 e. The van der Waals surface area contributed by atoms with Crippen LogP contribution in [0.25, 0.3) is 0 Å². The number of hydrogen-bond acceptors (Lipinski definition) is 3. The molecule has 0 radical (unpaired) electrons. The minimum absolute atomic E-state index is 0.915. The minimum atomic E-state index is 0.915. The molecule has 0 amide bonds. The predicted molar refractivity (Wildman–Crippen MR) is 74.7 cm³/mol. The molecular formula is C14H26N4. The van der Waals surface area contributed by atoms with E-state index in [4.69, 9.17) is 0 Å². The van der Waals surface area contributed by atoms with Gasteiger partial charge in [-0.1, -0.05) is 13.3 Å². The predicted octanol–water partition coefficient (Wildman–Crippen LogP) is 1.77. The topological polar surface area (TPSA) is 52.7 Å². The summed E-state index contributed by atoms with van der Waals surface area (Å²) < 4.78 is 0. The van der Waals surface area contributed by atoms with E-state index in [-0.39, 0.29) is 0 Å². The molecular weight excluding hydrogens is 224 g/mol. The molecule has 18 heavy (non-hydrogen) atoms. The lowest BCUT2D eigenvalue weighted by Crippen LogP contribution is -2.22. The lowest BCUT2D eigenvalue weighted by Gasteiger charge is -2.05. The molecule has 0 saturated heterocycles. The van der Waals surface area contributed by atoms with Gasteiger partial charge in [0, 0.05) is 12.2 Å². The van der Waals surface area contributed by atoms with Crippen molar-refractivity contribution in [2.45, 2.75) is 52.0 Å². The van der Waals surface area contributed by atoms with Gasteiger partial charge >= 0.3 is 0 Å². The third-order valence-electron chi connectivity index (χ3n) is 3.64. The molecule has 0 aromatic carbocycles. The molecule has 0 bridgehead atoms. The molecule has 0 spiro atoms. The second-order valence-electron chi connectivity index (χ2n) is 5.07. The van der Waals surface area contributed by atoms with Crippen molar-refractivity contribution >= 4 is 0 Å². The summed E-state index contributed by atoms with van der Waals surface area (Å²) in [6, 6.07) is 0. The Morgan fingerprint density at radius 3 is 2.83 bits per heavy atom. The number of aromatic nitrogens is 2. The molecule has 3 N–H and O–H groups in total. The lowest BCUT2D eigenvalue weighted by molar-refractivity contribution is 0.598. The molecule has 0 fully saturated rings. The summed E-state index contributed by atoms with van der Waals surface area (Å²) in [5.74, 6) is 0. The zero-order valence-electron chi connectivity index (χ0n) is 11.5. The fourth-order valence-electron chi connectivity index (χ4n) is 2.59. The van der Waals surface area contributed by atoms with Gasteiger partial charge in [-0.3, -0.25) is 5.10 Å². The standard InChI is InChI=1S/C14H26N4/c1-2-15-9-6-10-16-11-14-12-7-4-3-5-8-13(12)17-18-14/h15-16H,2-11H2,1H3,(H,17,18). The molecule has 0 aliphatic heterocycles. The van der Waals surface area contributed by atoms with Gasteiger partial charge in [-0.2, -0.15) is 5.10 Å². The van der Waals surface area contributed by atoms with Crippen molar-refractivity contribution in [3.63, 3.8) is 0 Å². The van der Waals surface area contributed by atoms with Crippen LogP contribution in [-0.2, 0) is 19.4 Å². The first-order chi connectivity index (χ1) is 8.92. The molecule has 1 aliphatic carbocycles. The number of rotatable bonds is 7. The molecule has 102 valence electrons. The highest BCUT2D eigenvalue weighted by Gasteiger charge is 2.14. The van der Waals surface area contributed by atoms with Gasteiger partial charge in [0.2, 0.25) is 0 Å². The van der Waals surface area contributed by atoms with Crippen molar-refractivity contribution in [1.29, 1.82) is 0 Å². The number of H-pyrrole nitrogens is 1. The average molecular weight is 250 g/mol. The lowest BCUT2D eigenvalue weighted by atomic mass is 10.1. The Morgan fingerprint density at radius 2 is 1.94 bits per heavy atom. The Morgan fingerprint density at radius 1 is 1.11 bits per heavy atom. The Balaban J connectivity index is 1.74. The zero-order chi connectivity index (χ0) is 12.6. The van der Waals surface area contributed by atoms with Gasteiger partial charge in [-0.05, 0) is 57.3 Å². The van der Waals surface area contributed by atoms with Crippen LogP contribution in [-0.4, -0.2) is 29.8 Å². The molecule has 0 atom stereocenters. The molecule has 4 nitrogen and oxygen atoms in total. The molecule has 1 aromatic rings. The van der Waals surface area contributed by atoms with E-state index >= 15 is 0 Å². The van der Waals surface area contributed by atoms with Crippen molar-refractivity contribution in [2.24, 2.45) is 0 Å². The summed E-state index contributed by atoms with van der Waals surface area (Å²) >= 11 is 0. The van der Waals surface area contributed by atoms with Crippen LogP contribution in [0.2, 0.25) is 0 Å². The maximum Gasteiger partial charge on any atom is 0.0794 e. The Hall–Kier alpha value is -0.870. The molecule has 1 aliphatic rings. The van der Waals surface area contributed by atoms with Gasteiger partial charge in [0.15, 0.2) is 0 Å². The van der Waals surface area contributed by atoms with Crippen LogP contribution in [0.1, 0.15) is 49.6 Å². The first kappa shape index (κ1) is 13.6. The van der Waals surface area contributed by atoms with Crippen LogP contribution in [0, 0.1) is 0 Å². The number of nitrogens with zero attached hydrogens (tertiary/aromatic N) is 1. The summed E-state index contributed by atoms with van der Waals surface area (Å²) in [6.07, 6.45) is 7.56. The Bertz CT molecular complexity index is 346. The van der Waals surface area contributed by atoms with Crippen LogP contribution in [0.4, 0.5) is 0 Å². The summed E-state index contributed by atoms with van der Waals surface area (Å²) in [4.78, 5) is 0. The van der Waals surface area contributed by atoms with E-state index in [2.05, 4.69) is 27.8 Å². The van der Waals surface area contributed by atoms with Crippen LogP contribution >= 0.6 is 0 Å². The van der Waals surface area contributed by atoms with Gasteiger partial charge in [-0.25, -0.2) is 0 Å². The maximum atomic E-state index is 4.47. The van der Waals surface area contributed by atoms with Crippen molar-refractivity contribution in [2.75, 3.05) is 19.6 Å². The minimum Gasteiger partial charge on any atom is -0.317 e. The van der Waals surface area contributed by atoms with Crippen molar-refractivity contribution in [3.05, 3.63) is 17.0 Å². The van der Waals surface area contributed by atoms with E-state index in [1.807, 2.05) is 0 Å². The van der Waals surface area contributed by atoms with Gasteiger partial charge < -0.3 is 10.6 Å². The third kappa shape index (κ3) is 3.82. The summed E-state index contributed by atoms with van der Waals surface area (Å²) in [7, 11) is 0. The zero-order valence-corrected chi connectivity index (χ0v) is 11.5. The monoisotopic (exact) mass is 250 g/mol. The fraction of sp³-hybridized carbons (Fsp3) is 0.786. The SMILES string of the molecule is CCNCCCNCc1n[nH]c2c1CCCCC2. The highest BCUT2D eigenvalue weighted by atomic mass is 15.1. The van der Waals surface area contributed by atoms with Crippen LogP contribution in [0.5, 0.6) is 0 Å². The van der Waals surface area contributed by atoms with E-state index in [1.54, 1.807) is 0 Å². The molecule has 0 saturated carbocycles. The first-order valence-corrected chi connectivity index (χ1v) is 7.38. The second kappa shape index (κ2) is 7.54. The first-order valence-electron chi connectivity index (χ1n) is 7.38. The number of aromatic amines is 1. The van der Waals surface area contributed by atoms with E-state index in [1.165, 1.54) is 55.5 Å². The van der Waals surface area contributed by atoms with Gasteiger partial charge in [0.25, 0.3) is 0 Å². The summed E-state index contributed by atoms with van der Waals surface area (Å²) in [6.45, 7) is 6.29. The van der Waals surface area contributed by atoms with Crippen molar-refractivity contribution in [1.82, 2.24) is 20.8 Å². The van der Waals surface area contributed by atoms with E-state index in [0.29, 0.717) is 0 Å². The van der Waals surface area contributed by atoms with Gasteiger partial charge in [0.05, 0.1) is 5.69 Å². The van der Waals surface area contributed by atoms with Crippen LogP contribution in [0.15, 0.2) is 0 Å².